The van der Waals surface area contributed by atoms with Crippen molar-refractivity contribution in [2.75, 3.05) is 20.2 Å². The number of hydrogen-bond donors (Lipinski definition) is 1. The molecule has 0 fully saturated rings. The van der Waals surface area contributed by atoms with E-state index < -0.39 is 0 Å². The highest BCUT2D eigenvalue weighted by Gasteiger charge is 2.13. The van der Waals surface area contributed by atoms with Crippen molar-refractivity contribution in [2.45, 2.75) is 24.0 Å². The summed E-state index contributed by atoms with van der Waals surface area (Å²) in [5.41, 5.74) is 2.87. The van der Waals surface area contributed by atoms with Crippen LogP contribution in [0.25, 0.3) is 0 Å². The summed E-state index contributed by atoms with van der Waals surface area (Å²) in [6.07, 6.45) is 1.08. The maximum Gasteiger partial charge on any atom is 0.159 e. The standard InChI is InChI=1S/C20H22N2O2S/c1-14(23)15-8-9-18(24-2)16(12-15)13-25-19-7-4-3-6-17(19)20-21-10-5-11-22-20/h3-4,6-9,12H,5,10-11,13H2,1-2H3,(H,21,22). The van der Waals surface area contributed by atoms with Gasteiger partial charge in [-0.3, -0.25) is 9.79 Å². The third kappa shape index (κ3) is 4.23. The topological polar surface area (TPSA) is 50.7 Å². The van der Waals surface area contributed by atoms with Crippen LogP contribution in [0.2, 0.25) is 0 Å². The van der Waals surface area contributed by atoms with E-state index in [1.807, 2.05) is 30.3 Å². The predicted molar refractivity (Wildman–Crippen MR) is 103 cm³/mol. The molecule has 0 bridgehead atoms. The van der Waals surface area contributed by atoms with Gasteiger partial charge < -0.3 is 10.1 Å². The number of ketones is 1. The second kappa shape index (κ2) is 8.21. The van der Waals surface area contributed by atoms with Gasteiger partial charge in [0.15, 0.2) is 5.78 Å². The van der Waals surface area contributed by atoms with Gasteiger partial charge in [-0.15, -0.1) is 11.8 Å². The SMILES string of the molecule is COc1ccc(C(C)=O)cc1CSc1ccccc1C1=NCCCN1. The van der Waals surface area contributed by atoms with E-state index in [0.29, 0.717) is 5.56 Å². The van der Waals surface area contributed by atoms with Crippen LogP contribution in [0.15, 0.2) is 52.4 Å². The van der Waals surface area contributed by atoms with Crippen molar-refractivity contribution in [3.05, 3.63) is 59.2 Å². The van der Waals surface area contributed by atoms with Gasteiger partial charge in [-0.05, 0) is 37.6 Å². The summed E-state index contributed by atoms with van der Waals surface area (Å²) in [6, 6.07) is 13.9. The predicted octanol–water partition coefficient (Wildman–Crippen LogP) is 3.93. The molecule has 0 amide bonds. The van der Waals surface area contributed by atoms with Crippen LogP contribution in [-0.4, -0.2) is 31.8 Å². The molecule has 0 saturated heterocycles. The molecule has 0 atom stereocenters. The molecule has 0 unspecified atom stereocenters. The average molecular weight is 354 g/mol. The van der Waals surface area contributed by atoms with Crippen LogP contribution in [-0.2, 0) is 5.75 Å². The highest BCUT2D eigenvalue weighted by atomic mass is 32.2. The van der Waals surface area contributed by atoms with Crippen LogP contribution < -0.4 is 10.1 Å². The first-order valence-electron chi connectivity index (χ1n) is 8.37. The van der Waals surface area contributed by atoms with Crippen molar-refractivity contribution in [3.63, 3.8) is 0 Å². The number of carbonyl (C=O) groups is 1. The van der Waals surface area contributed by atoms with Crippen LogP contribution in [0.1, 0.15) is 34.8 Å². The Balaban J connectivity index is 1.84. The smallest absolute Gasteiger partial charge is 0.159 e. The normalized spacial score (nSPS) is 13.8. The molecular weight excluding hydrogens is 332 g/mol. The lowest BCUT2D eigenvalue weighted by Crippen LogP contribution is -2.30. The number of amidine groups is 1. The van der Waals surface area contributed by atoms with E-state index in [1.165, 1.54) is 4.90 Å². The molecule has 2 aromatic rings. The maximum absolute atomic E-state index is 11.7. The Morgan fingerprint density at radius 1 is 1.28 bits per heavy atom. The summed E-state index contributed by atoms with van der Waals surface area (Å²) in [5.74, 6) is 2.58. The molecule has 1 N–H and O–H groups in total. The van der Waals surface area contributed by atoms with Gasteiger partial charge in [-0.1, -0.05) is 18.2 Å². The second-order valence-corrected chi connectivity index (χ2v) is 6.90. The lowest BCUT2D eigenvalue weighted by molar-refractivity contribution is 0.101. The van der Waals surface area contributed by atoms with Crippen molar-refractivity contribution in [2.24, 2.45) is 4.99 Å². The summed E-state index contributed by atoms with van der Waals surface area (Å²) in [5, 5.41) is 3.39. The van der Waals surface area contributed by atoms with Crippen LogP contribution in [0.3, 0.4) is 0 Å². The average Bonchev–Trinajstić information content (AvgIpc) is 2.67. The van der Waals surface area contributed by atoms with Crippen LogP contribution in [0.5, 0.6) is 5.75 Å². The first-order chi connectivity index (χ1) is 12.2. The molecule has 0 saturated carbocycles. The molecule has 25 heavy (non-hydrogen) atoms. The van der Waals surface area contributed by atoms with Crippen LogP contribution >= 0.6 is 11.8 Å². The molecule has 1 aliphatic heterocycles. The number of hydrogen-bond acceptors (Lipinski definition) is 5. The molecule has 1 heterocycles. The number of Topliss-reactive ketones (excluding diaryl/α,β-unsaturated/α-hetero) is 1. The number of aliphatic imine (C=N–C) groups is 1. The molecule has 1 aliphatic rings. The van der Waals surface area contributed by atoms with Gasteiger partial charge in [-0.2, -0.15) is 0 Å². The molecule has 0 aromatic heterocycles. The van der Waals surface area contributed by atoms with Crippen LogP contribution in [0, 0.1) is 0 Å². The minimum Gasteiger partial charge on any atom is -0.496 e. The number of methoxy groups -OCH3 is 1. The second-order valence-electron chi connectivity index (χ2n) is 5.88. The van der Waals surface area contributed by atoms with Gasteiger partial charge in [0.2, 0.25) is 0 Å². The molecule has 130 valence electrons. The quantitative estimate of drug-likeness (QED) is 0.631. The fraction of sp³-hybridized carbons (Fsp3) is 0.300. The number of benzene rings is 2. The number of ether oxygens (including phenoxy) is 1. The number of nitrogens with zero attached hydrogens (tertiary/aromatic N) is 1. The van der Waals surface area contributed by atoms with E-state index >= 15 is 0 Å². The lowest BCUT2D eigenvalue weighted by Gasteiger charge is -2.17. The van der Waals surface area contributed by atoms with E-state index in [-0.39, 0.29) is 5.78 Å². The molecule has 0 radical (unpaired) electrons. The third-order valence-corrected chi connectivity index (χ3v) is 5.23. The minimum atomic E-state index is 0.0649. The highest BCUT2D eigenvalue weighted by molar-refractivity contribution is 7.98. The molecule has 2 aromatic carbocycles. The Hall–Kier alpha value is -2.27. The lowest BCUT2D eigenvalue weighted by atomic mass is 10.1. The fourth-order valence-electron chi connectivity index (χ4n) is 2.77. The minimum absolute atomic E-state index is 0.0649. The van der Waals surface area contributed by atoms with Crippen molar-refractivity contribution in [3.8, 4) is 5.75 Å². The Labute approximate surface area is 152 Å². The number of nitrogens with one attached hydrogen (secondary N) is 1. The Kier molecular flexibility index (Phi) is 5.76. The zero-order valence-corrected chi connectivity index (χ0v) is 15.4. The zero-order chi connectivity index (χ0) is 17.6. The van der Waals surface area contributed by atoms with Gasteiger partial charge in [-0.25, -0.2) is 0 Å². The van der Waals surface area contributed by atoms with E-state index in [2.05, 4.69) is 22.4 Å². The van der Waals surface area contributed by atoms with Crippen molar-refractivity contribution in [1.29, 1.82) is 0 Å². The third-order valence-electron chi connectivity index (χ3n) is 4.11. The summed E-state index contributed by atoms with van der Waals surface area (Å²) in [4.78, 5) is 17.4. The van der Waals surface area contributed by atoms with E-state index in [9.17, 15) is 4.79 Å². The number of thioether (sulfide) groups is 1. The van der Waals surface area contributed by atoms with Gasteiger partial charge in [0.05, 0.1) is 7.11 Å². The molecule has 3 rings (SSSR count). The first-order valence-corrected chi connectivity index (χ1v) is 9.36. The number of carbonyl (C=O) groups excluding carboxylic acids is 1. The molecule has 5 heteroatoms. The van der Waals surface area contributed by atoms with E-state index in [0.717, 1.165) is 48.0 Å². The zero-order valence-electron chi connectivity index (χ0n) is 14.5. The number of rotatable bonds is 6. The van der Waals surface area contributed by atoms with Crippen molar-refractivity contribution >= 4 is 23.4 Å². The van der Waals surface area contributed by atoms with E-state index in [1.54, 1.807) is 25.8 Å². The summed E-state index contributed by atoms with van der Waals surface area (Å²) in [6.45, 7) is 3.42. The van der Waals surface area contributed by atoms with Gasteiger partial charge >= 0.3 is 0 Å². The van der Waals surface area contributed by atoms with E-state index in [4.69, 9.17) is 4.74 Å². The molecule has 4 nitrogen and oxygen atoms in total. The first kappa shape index (κ1) is 17.5. The van der Waals surface area contributed by atoms with Gasteiger partial charge in [0, 0.05) is 40.4 Å². The molecular formula is C20H22N2O2S. The monoisotopic (exact) mass is 354 g/mol. The Bertz CT molecular complexity index is 802. The fourth-order valence-corrected chi connectivity index (χ4v) is 3.80. The van der Waals surface area contributed by atoms with Crippen molar-refractivity contribution < 1.29 is 9.53 Å². The summed E-state index contributed by atoms with van der Waals surface area (Å²) in [7, 11) is 1.66. The Morgan fingerprint density at radius 2 is 2.12 bits per heavy atom. The van der Waals surface area contributed by atoms with Gasteiger partial charge in [0.1, 0.15) is 11.6 Å². The van der Waals surface area contributed by atoms with Crippen molar-refractivity contribution in [1.82, 2.24) is 5.32 Å². The van der Waals surface area contributed by atoms with Gasteiger partial charge in [0.25, 0.3) is 0 Å². The largest absolute Gasteiger partial charge is 0.496 e. The summed E-state index contributed by atoms with van der Waals surface area (Å²) < 4.78 is 5.45. The molecule has 0 aliphatic carbocycles. The van der Waals surface area contributed by atoms with Crippen LogP contribution in [0.4, 0.5) is 0 Å². The highest BCUT2D eigenvalue weighted by Crippen LogP contribution is 2.31. The summed E-state index contributed by atoms with van der Waals surface area (Å²) >= 11 is 1.73. The Morgan fingerprint density at radius 3 is 2.84 bits per heavy atom. The molecule has 0 spiro atoms. The maximum atomic E-state index is 11.7.